The molecule has 1 atom stereocenters. The van der Waals surface area contributed by atoms with Crippen molar-refractivity contribution in [3.8, 4) is 16.3 Å². The van der Waals surface area contributed by atoms with Crippen LogP contribution in [0.1, 0.15) is 24.6 Å². The van der Waals surface area contributed by atoms with E-state index in [1.54, 1.807) is 12.1 Å². The lowest BCUT2D eigenvalue weighted by Crippen LogP contribution is -2.37. The van der Waals surface area contributed by atoms with Crippen molar-refractivity contribution in [2.45, 2.75) is 32.9 Å². The van der Waals surface area contributed by atoms with E-state index in [2.05, 4.69) is 10.3 Å². The van der Waals surface area contributed by atoms with E-state index in [0.29, 0.717) is 13.0 Å². The number of rotatable bonds is 7. The lowest BCUT2D eigenvalue weighted by atomic mass is 10.2. The molecule has 27 heavy (non-hydrogen) atoms. The molecule has 0 unspecified atom stereocenters. The Morgan fingerprint density at radius 2 is 1.96 bits per heavy atom. The number of nitrogens with zero attached hydrogens (tertiary/aromatic N) is 1. The fraction of sp³-hybridized carbons (Fsp3) is 0.238. The first-order chi connectivity index (χ1) is 13.1. The number of carbonyl (C=O) groups is 1. The molecule has 0 bridgehead atoms. The normalized spacial score (nSPS) is 11.8. The second-order valence-electron chi connectivity index (χ2n) is 6.17. The van der Waals surface area contributed by atoms with Crippen LogP contribution in [0.5, 0.6) is 5.75 Å². The average Bonchev–Trinajstić information content (AvgIpc) is 3.15. The molecule has 3 rings (SSSR count). The first kappa shape index (κ1) is 19.0. The number of carbonyl (C=O) groups excluding carboxylic acids is 1. The molecule has 0 saturated heterocycles. The molecule has 140 valence electrons. The third-order valence-corrected chi connectivity index (χ3v) is 5.00. The van der Waals surface area contributed by atoms with Crippen molar-refractivity contribution in [2.75, 3.05) is 0 Å². The molecule has 0 aliphatic heterocycles. The first-order valence-corrected chi connectivity index (χ1v) is 9.65. The minimum absolute atomic E-state index is 0.0785. The van der Waals surface area contributed by atoms with Crippen LogP contribution in [0.4, 0.5) is 4.39 Å². The van der Waals surface area contributed by atoms with Crippen molar-refractivity contribution in [3.63, 3.8) is 0 Å². The van der Waals surface area contributed by atoms with E-state index < -0.39 is 11.9 Å². The molecule has 4 nitrogen and oxygen atoms in total. The fourth-order valence-electron chi connectivity index (χ4n) is 2.52. The van der Waals surface area contributed by atoms with E-state index in [-0.39, 0.29) is 11.7 Å². The molecular weight excluding hydrogens is 363 g/mol. The summed E-state index contributed by atoms with van der Waals surface area (Å²) < 4.78 is 19.2. The summed E-state index contributed by atoms with van der Waals surface area (Å²) in [6.07, 6.45) is -0.316. The van der Waals surface area contributed by atoms with E-state index in [4.69, 9.17) is 4.74 Å². The second kappa shape index (κ2) is 8.77. The highest BCUT2D eigenvalue weighted by Crippen LogP contribution is 2.24. The summed E-state index contributed by atoms with van der Waals surface area (Å²) in [5.74, 6) is -0.688. The Hall–Kier alpha value is -2.73. The third-order valence-electron chi connectivity index (χ3n) is 4.06. The van der Waals surface area contributed by atoms with E-state index >= 15 is 0 Å². The summed E-state index contributed by atoms with van der Waals surface area (Å²) in [4.78, 5) is 17.0. The summed E-state index contributed by atoms with van der Waals surface area (Å²) in [6, 6.07) is 14.2. The number of benzene rings is 2. The lowest BCUT2D eigenvalue weighted by molar-refractivity contribution is -0.128. The molecule has 0 fully saturated rings. The highest BCUT2D eigenvalue weighted by molar-refractivity contribution is 7.13. The molecule has 6 heteroatoms. The van der Waals surface area contributed by atoms with Gasteiger partial charge in [0.2, 0.25) is 0 Å². The van der Waals surface area contributed by atoms with Gasteiger partial charge in [-0.25, -0.2) is 9.37 Å². The van der Waals surface area contributed by atoms with Gasteiger partial charge < -0.3 is 10.1 Å². The fourth-order valence-corrected chi connectivity index (χ4v) is 3.35. The van der Waals surface area contributed by atoms with Gasteiger partial charge in [0.05, 0.1) is 12.2 Å². The average molecular weight is 384 g/mol. The van der Waals surface area contributed by atoms with Crippen LogP contribution in [0.15, 0.2) is 53.9 Å². The minimum Gasteiger partial charge on any atom is -0.478 e. The van der Waals surface area contributed by atoms with Crippen LogP contribution in [0.2, 0.25) is 0 Å². The Balaban J connectivity index is 1.59. The van der Waals surface area contributed by atoms with E-state index in [9.17, 15) is 9.18 Å². The number of aromatic nitrogens is 1. The van der Waals surface area contributed by atoms with Crippen LogP contribution in [-0.4, -0.2) is 17.0 Å². The third kappa shape index (κ3) is 4.92. The van der Waals surface area contributed by atoms with E-state index in [1.165, 1.54) is 29.0 Å². The second-order valence-corrected chi connectivity index (χ2v) is 7.03. The van der Waals surface area contributed by atoms with Crippen LogP contribution in [-0.2, 0) is 11.3 Å². The largest absolute Gasteiger partial charge is 0.478 e. The predicted octanol–water partition coefficient (Wildman–Crippen LogP) is 4.73. The van der Waals surface area contributed by atoms with Gasteiger partial charge in [0.25, 0.3) is 5.91 Å². The Morgan fingerprint density at radius 1 is 1.22 bits per heavy atom. The Labute approximate surface area is 162 Å². The zero-order valence-electron chi connectivity index (χ0n) is 15.2. The maximum absolute atomic E-state index is 13.7. The number of para-hydroxylation sites is 1. The number of halogens is 1. The van der Waals surface area contributed by atoms with Crippen molar-refractivity contribution >= 4 is 17.2 Å². The van der Waals surface area contributed by atoms with Crippen LogP contribution in [0.3, 0.4) is 0 Å². The zero-order chi connectivity index (χ0) is 19.2. The Bertz CT molecular complexity index is 909. The van der Waals surface area contributed by atoms with Crippen molar-refractivity contribution in [1.29, 1.82) is 0 Å². The number of thiazole rings is 1. The van der Waals surface area contributed by atoms with Gasteiger partial charge in [-0.1, -0.05) is 48.9 Å². The summed E-state index contributed by atoms with van der Waals surface area (Å²) in [5, 5.41) is 5.66. The van der Waals surface area contributed by atoms with Gasteiger partial charge in [-0.3, -0.25) is 4.79 Å². The van der Waals surface area contributed by atoms with Gasteiger partial charge in [0, 0.05) is 10.9 Å². The Kier molecular flexibility index (Phi) is 6.19. The predicted molar refractivity (Wildman–Crippen MR) is 105 cm³/mol. The van der Waals surface area contributed by atoms with Gasteiger partial charge in [0.1, 0.15) is 5.01 Å². The minimum atomic E-state index is -0.753. The van der Waals surface area contributed by atoms with E-state index in [0.717, 1.165) is 16.3 Å². The highest BCUT2D eigenvalue weighted by Gasteiger charge is 2.20. The molecule has 0 saturated carbocycles. The van der Waals surface area contributed by atoms with Crippen LogP contribution < -0.4 is 10.1 Å². The number of nitrogens with one attached hydrogen (secondary N) is 1. The van der Waals surface area contributed by atoms with Gasteiger partial charge in [0.15, 0.2) is 17.7 Å². The standard InChI is InChI=1S/C21H21FN2O2S/c1-3-18(26-19-7-5-4-6-17(19)22)20(25)23-12-16-13-27-21(24-16)15-10-8-14(2)9-11-15/h4-11,13,18H,3,12H2,1-2H3,(H,23,25)/t18-/m0/s1. The molecule has 0 spiro atoms. The van der Waals surface area contributed by atoms with Crippen molar-refractivity contribution in [2.24, 2.45) is 0 Å². The number of ether oxygens (including phenoxy) is 1. The molecule has 2 aromatic carbocycles. The maximum Gasteiger partial charge on any atom is 0.261 e. The topological polar surface area (TPSA) is 51.2 Å². The molecular formula is C21H21FN2O2S. The maximum atomic E-state index is 13.7. The summed E-state index contributed by atoms with van der Waals surface area (Å²) in [7, 11) is 0. The molecule has 3 aromatic rings. The number of hydrogen-bond acceptors (Lipinski definition) is 4. The highest BCUT2D eigenvalue weighted by atomic mass is 32.1. The lowest BCUT2D eigenvalue weighted by Gasteiger charge is -2.17. The molecule has 1 N–H and O–H groups in total. The SMILES string of the molecule is CC[C@H](Oc1ccccc1F)C(=O)NCc1csc(-c2ccc(C)cc2)n1. The van der Waals surface area contributed by atoms with Crippen LogP contribution in [0, 0.1) is 12.7 Å². The van der Waals surface area contributed by atoms with Crippen molar-refractivity contribution in [1.82, 2.24) is 10.3 Å². The van der Waals surface area contributed by atoms with Crippen LogP contribution in [0.25, 0.3) is 10.6 Å². The van der Waals surface area contributed by atoms with Crippen molar-refractivity contribution in [3.05, 3.63) is 71.0 Å². The number of amides is 1. The summed E-state index contributed by atoms with van der Waals surface area (Å²) in [5.41, 5.74) is 3.03. The van der Waals surface area contributed by atoms with Gasteiger partial charge in [-0.15, -0.1) is 11.3 Å². The quantitative estimate of drug-likeness (QED) is 0.641. The summed E-state index contributed by atoms with van der Waals surface area (Å²) in [6.45, 7) is 4.17. The van der Waals surface area contributed by atoms with Gasteiger partial charge in [-0.2, -0.15) is 0 Å². The molecule has 0 aliphatic rings. The van der Waals surface area contributed by atoms with Gasteiger partial charge in [-0.05, 0) is 25.5 Å². The molecule has 0 aliphatic carbocycles. The molecule has 1 heterocycles. The van der Waals surface area contributed by atoms with Crippen LogP contribution >= 0.6 is 11.3 Å². The molecule has 0 radical (unpaired) electrons. The smallest absolute Gasteiger partial charge is 0.261 e. The molecule has 1 amide bonds. The zero-order valence-corrected chi connectivity index (χ0v) is 16.1. The Morgan fingerprint density at radius 3 is 2.67 bits per heavy atom. The molecule has 1 aromatic heterocycles. The van der Waals surface area contributed by atoms with Gasteiger partial charge >= 0.3 is 0 Å². The van der Waals surface area contributed by atoms with E-state index in [1.807, 2.05) is 43.5 Å². The number of aryl methyl sites for hydroxylation is 1. The summed E-state index contributed by atoms with van der Waals surface area (Å²) >= 11 is 1.54. The monoisotopic (exact) mass is 384 g/mol. The van der Waals surface area contributed by atoms with Crippen molar-refractivity contribution < 1.29 is 13.9 Å². The first-order valence-electron chi connectivity index (χ1n) is 8.77. The number of hydrogen-bond donors (Lipinski definition) is 1.